The molecule has 1 unspecified atom stereocenters. The van der Waals surface area contributed by atoms with Crippen LogP contribution in [0.4, 0.5) is 5.95 Å². The largest absolute Gasteiger partial charge is 0.352 e. The average Bonchev–Trinajstić information content (AvgIpc) is 2.92. The minimum atomic E-state index is 0.0158. The fourth-order valence-electron chi connectivity index (χ4n) is 1.95. The number of hydrogen-bond acceptors (Lipinski definition) is 4. The number of hydrogen-bond donors (Lipinski definition) is 1. The van der Waals surface area contributed by atoms with E-state index in [1.54, 1.807) is 12.3 Å². The number of anilines is 1. The van der Waals surface area contributed by atoms with Crippen LogP contribution in [0.25, 0.3) is 0 Å². The van der Waals surface area contributed by atoms with E-state index < -0.39 is 0 Å². The molecule has 1 fully saturated rings. The number of carbonyl (C=O) groups excluding carboxylic acids is 1. The molecule has 0 bridgehead atoms. The van der Waals surface area contributed by atoms with Crippen molar-refractivity contribution < 1.29 is 4.79 Å². The molecule has 1 atom stereocenters. The molecule has 98 valence electrons. The van der Waals surface area contributed by atoms with Crippen molar-refractivity contribution in [3.05, 3.63) is 18.0 Å². The highest BCUT2D eigenvalue weighted by molar-refractivity contribution is 5.92. The molecule has 1 aliphatic heterocycles. The molecule has 1 saturated heterocycles. The van der Waals surface area contributed by atoms with Crippen LogP contribution in [0, 0.1) is 0 Å². The zero-order valence-corrected chi connectivity index (χ0v) is 11.0. The second-order valence-corrected chi connectivity index (χ2v) is 4.72. The van der Waals surface area contributed by atoms with Crippen molar-refractivity contribution in [1.29, 1.82) is 0 Å². The Morgan fingerprint density at radius 2 is 2.22 bits per heavy atom. The zero-order chi connectivity index (χ0) is 13.0. The molecular weight excluding hydrogens is 228 g/mol. The van der Waals surface area contributed by atoms with E-state index in [0.29, 0.717) is 17.7 Å². The SMILES string of the molecule is CCC(C)Nc1nccc(C(=O)N2CCCC2)n1. The van der Waals surface area contributed by atoms with Gasteiger partial charge in [-0.05, 0) is 32.3 Å². The topological polar surface area (TPSA) is 58.1 Å². The molecular formula is C13H20N4O. The van der Waals surface area contributed by atoms with Gasteiger partial charge in [0.2, 0.25) is 5.95 Å². The summed E-state index contributed by atoms with van der Waals surface area (Å²) in [5.41, 5.74) is 0.484. The van der Waals surface area contributed by atoms with Crippen molar-refractivity contribution in [3.8, 4) is 0 Å². The highest BCUT2D eigenvalue weighted by atomic mass is 16.2. The fraction of sp³-hybridized carbons (Fsp3) is 0.615. The first-order valence-electron chi connectivity index (χ1n) is 6.59. The normalized spacial score (nSPS) is 16.7. The first-order valence-corrected chi connectivity index (χ1v) is 6.59. The maximum absolute atomic E-state index is 12.2. The summed E-state index contributed by atoms with van der Waals surface area (Å²) in [5.74, 6) is 0.552. The molecule has 0 aromatic carbocycles. The zero-order valence-electron chi connectivity index (χ0n) is 11.0. The van der Waals surface area contributed by atoms with Crippen molar-refractivity contribution in [3.63, 3.8) is 0 Å². The van der Waals surface area contributed by atoms with Crippen molar-refractivity contribution in [1.82, 2.24) is 14.9 Å². The number of nitrogens with zero attached hydrogens (tertiary/aromatic N) is 3. The molecule has 0 aliphatic carbocycles. The van der Waals surface area contributed by atoms with Gasteiger partial charge in [0.25, 0.3) is 5.91 Å². The van der Waals surface area contributed by atoms with Crippen LogP contribution in [0.2, 0.25) is 0 Å². The Balaban J connectivity index is 2.08. The molecule has 5 nitrogen and oxygen atoms in total. The van der Waals surface area contributed by atoms with E-state index in [-0.39, 0.29) is 5.91 Å². The first kappa shape index (κ1) is 12.8. The van der Waals surface area contributed by atoms with Gasteiger partial charge >= 0.3 is 0 Å². The van der Waals surface area contributed by atoms with Crippen molar-refractivity contribution in [2.24, 2.45) is 0 Å². The molecule has 1 aromatic rings. The highest BCUT2D eigenvalue weighted by Gasteiger charge is 2.20. The molecule has 2 rings (SSSR count). The van der Waals surface area contributed by atoms with Crippen molar-refractivity contribution in [2.45, 2.75) is 39.2 Å². The standard InChI is InChI=1S/C13H20N4O/c1-3-10(2)15-13-14-7-6-11(16-13)12(18)17-8-4-5-9-17/h6-7,10H,3-5,8-9H2,1-2H3,(H,14,15,16). The molecule has 1 aliphatic rings. The van der Waals surface area contributed by atoms with Crippen LogP contribution >= 0.6 is 0 Å². The van der Waals surface area contributed by atoms with Crippen LogP contribution in [0.3, 0.4) is 0 Å². The van der Waals surface area contributed by atoms with E-state index in [4.69, 9.17) is 0 Å². The predicted molar refractivity (Wildman–Crippen MR) is 70.5 cm³/mol. The Labute approximate surface area is 108 Å². The van der Waals surface area contributed by atoms with Gasteiger partial charge in [-0.3, -0.25) is 4.79 Å². The van der Waals surface area contributed by atoms with Crippen molar-refractivity contribution in [2.75, 3.05) is 18.4 Å². The molecule has 5 heteroatoms. The van der Waals surface area contributed by atoms with Crippen LogP contribution in [0.5, 0.6) is 0 Å². The van der Waals surface area contributed by atoms with Gasteiger partial charge < -0.3 is 10.2 Å². The minimum Gasteiger partial charge on any atom is -0.352 e. The molecule has 0 radical (unpaired) electrons. The number of likely N-dealkylation sites (tertiary alicyclic amines) is 1. The summed E-state index contributed by atoms with van der Waals surface area (Å²) in [6, 6.07) is 1.99. The van der Waals surface area contributed by atoms with Crippen LogP contribution in [0.1, 0.15) is 43.6 Å². The summed E-state index contributed by atoms with van der Waals surface area (Å²) >= 11 is 0. The summed E-state index contributed by atoms with van der Waals surface area (Å²) in [6.45, 7) is 5.85. The third-order valence-corrected chi connectivity index (χ3v) is 3.26. The average molecular weight is 248 g/mol. The van der Waals surface area contributed by atoms with Gasteiger partial charge in [-0.15, -0.1) is 0 Å². The molecule has 2 heterocycles. The number of rotatable bonds is 4. The number of nitrogens with one attached hydrogen (secondary N) is 1. The quantitative estimate of drug-likeness (QED) is 0.884. The van der Waals surface area contributed by atoms with Crippen molar-refractivity contribution >= 4 is 11.9 Å². The number of carbonyl (C=O) groups is 1. The predicted octanol–water partition coefficient (Wildman–Crippen LogP) is 1.92. The molecule has 18 heavy (non-hydrogen) atoms. The van der Waals surface area contributed by atoms with Gasteiger partial charge in [-0.1, -0.05) is 6.92 Å². The Morgan fingerprint density at radius 3 is 2.89 bits per heavy atom. The Morgan fingerprint density at radius 1 is 1.50 bits per heavy atom. The second-order valence-electron chi connectivity index (χ2n) is 4.72. The molecule has 0 saturated carbocycles. The van der Waals surface area contributed by atoms with E-state index in [1.807, 2.05) is 4.90 Å². The second kappa shape index (κ2) is 5.80. The lowest BCUT2D eigenvalue weighted by Crippen LogP contribution is -2.28. The molecule has 1 amide bonds. The summed E-state index contributed by atoms with van der Waals surface area (Å²) in [7, 11) is 0. The van der Waals surface area contributed by atoms with Gasteiger partial charge in [0.15, 0.2) is 0 Å². The summed E-state index contributed by atoms with van der Waals surface area (Å²) in [5, 5.41) is 3.18. The van der Waals surface area contributed by atoms with Gasteiger partial charge in [-0.2, -0.15) is 0 Å². The lowest BCUT2D eigenvalue weighted by atomic mass is 10.3. The third kappa shape index (κ3) is 2.97. The summed E-state index contributed by atoms with van der Waals surface area (Å²) in [6.07, 6.45) is 4.82. The summed E-state index contributed by atoms with van der Waals surface area (Å²) < 4.78 is 0. The monoisotopic (exact) mass is 248 g/mol. The van der Waals surface area contributed by atoms with E-state index in [2.05, 4.69) is 29.1 Å². The molecule has 1 N–H and O–H groups in total. The molecule has 0 spiro atoms. The third-order valence-electron chi connectivity index (χ3n) is 3.26. The highest BCUT2D eigenvalue weighted by Crippen LogP contribution is 2.12. The Bertz CT molecular complexity index is 415. The Kier molecular flexibility index (Phi) is 4.12. The van der Waals surface area contributed by atoms with E-state index in [9.17, 15) is 4.79 Å². The smallest absolute Gasteiger partial charge is 0.272 e. The van der Waals surface area contributed by atoms with Gasteiger partial charge in [0.1, 0.15) is 5.69 Å². The van der Waals surface area contributed by atoms with E-state index in [1.165, 1.54) is 0 Å². The maximum Gasteiger partial charge on any atom is 0.272 e. The lowest BCUT2D eigenvalue weighted by molar-refractivity contribution is 0.0787. The Hall–Kier alpha value is -1.65. The van der Waals surface area contributed by atoms with E-state index in [0.717, 1.165) is 32.4 Å². The first-order chi connectivity index (χ1) is 8.70. The van der Waals surface area contributed by atoms with Crippen LogP contribution in [-0.2, 0) is 0 Å². The maximum atomic E-state index is 12.2. The van der Waals surface area contributed by atoms with Gasteiger partial charge in [0.05, 0.1) is 0 Å². The molecule has 1 aromatic heterocycles. The number of aromatic nitrogens is 2. The van der Waals surface area contributed by atoms with Crippen LogP contribution < -0.4 is 5.32 Å². The number of amides is 1. The lowest BCUT2D eigenvalue weighted by Gasteiger charge is -2.15. The van der Waals surface area contributed by atoms with Crippen LogP contribution in [-0.4, -0.2) is 39.9 Å². The van der Waals surface area contributed by atoms with E-state index >= 15 is 0 Å². The minimum absolute atomic E-state index is 0.0158. The van der Waals surface area contributed by atoms with Gasteiger partial charge in [0, 0.05) is 25.3 Å². The van der Waals surface area contributed by atoms with Crippen LogP contribution in [0.15, 0.2) is 12.3 Å². The van der Waals surface area contributed by atoms with Gasteiger partial charge in [-0.25, -0.2) is 9.97 Å². The summed E-state index contributed by atoms with van der Waals surface area (Å²) in [4.78, 5) is 22.5. The fourth-order valence-corrected chi connectivity index (χ4v) is 1.95.